The van der Waals surface area contributed by atoms with Crippen LogP contribution in [0.4, 0.5) is 0 Å². The number of benzene rings is 2. The molecule has 1 aromatic heterocycles. The van der Waals surface area contributed by atoms with E-state index in [0.717, 1.165) is 22.8 Å². The first-order valence-corrected chi connectivity index (χ1v) is 8.42. The predicted molar refractivity (Wildman–Crippen MR) is 98.3 cm³/mol. The number of nitrogens with zero attached hydrogens (tertiary/aromatic N) is 2. The number of rotatable bonds is 5. The molecule has 0 saturated carbocycles. The zero-order chi connectivity index (χ0) is 17.1. The predicted octanol–water partition coefficient (Wildman–Crippen LogP) is 4.94. The van der Waals surface area contributed by atoms with E-state index in [-0.39, 0.29) is 0 Å². The summed E-state index contributed by atoms with van der Waals surface area (Å²) in [5, 5.41) is 7.17. The molecule has 0 aliphatic rings. The number of hydrogen-bond acceptors (Lipinski definition) is 3. The molecule has 0 aliphatic heterocycles. The summed E-state index contributed by atoms with van der Waals surface area (Å²) in [7, 11) is 0. The SMILES string of the molecule is Cc1ccccc1OCc1n[nH]c(=S)n1-c1ccc(C(C)C)cc1. The van der Waals surface area contributed by atoms with Crippen LogP contribution >= 0.6 is 12.2 Å². The van der Waals surface area contributed by atoms with Gasteiger partial charge in [0.1, 0.15) is 12.4 Å². The molecule has 24 heavy (non-hydrogen) atoms. The highest BCUT2D eigenvalue weighted by molar-refractivity contribution is 7.71. The van der Waals surface area contributed by atoms with E-state index in [1.807, 2.05) is 35.8 Å². The van der Waals surface area contributed by atoms with E-state index in [1.165, 1.54) is 5.56 Å². The van der Waals surface area contributed by atoms with E-state index < -0.39 is 0 Å². The summed E-state index contributed by atoms with van der Waals surface area (Å²) in [6.45, 7) is 6.74. The third kappa shape index (κ3) is 3.41. The van der Waals surface area contributed by atoms with Crippen molar-refractivity contribution in [2.75, 3.05) is 0 Å². The highest BCUT2D eigenvalue weighted by Crippen LogP contribution is 2.20. The second-order valence-corrected chi connectivity index (χ2v) is 6.47. The molecule has 1 heterocycles. The lowest BCUT2D eigenvalue weighted by molar-refractivity contribution is 0.291. The lowest BCUT2D eigenvalue weighted by Crippen LogP contribution is -2.06. The number of H-pyrrole nitrogens is 1. The Morgan fingerprint density at radius 1 is 1.12 bits per heavy atom. The Labute approximate surface area is 147 Å². The molecule has 3 rings (SSSR count). The fourth-order valence-corrected chi connectivity index (χ4v) is 2.82. The van der Waals surface area contributed by atoms with E-state index in [9.17, 15) is 0 Å². The molecule has 0 atom stereocenters. The van der Waals surface area contributed by atoms with Crippen molar-refractivity contribution in [2.45, 2.75) is 33.3 Å². The molecule has 0 fully saturated rings. The van der Waals surface area contributed by atoms with E-state index in [4.69, 9.17) is 17.0 Å². The molecule has 4 nitrogen and oxygen atoms in total. The van der Waals surface area contributed by atoms with Crippen molar-refractivity contribution < 1.29 is 4.74 Å². The summed E-state index contributed by atoms with van der Waals surface area (Å²) in [6, 6.07) is 16.3. The smallest absolute Gasteiger partial charge is 0.199 e. The van der Waals surface area contributed by atoms with Crippen molar-refractivity contribution >= 4 is 12.2 Å². The zero-order valence-electron chi connectivity index (χ0n) is 14.1. The molecular formula is C19H21N3OS. The topological polar surface area (TPSA) is 42.8 Å². The van der Waals surface area contributed by atoms with Crippen molar-refractivity contribution in [1.82, 2.24) is 14.8 Å². The van der Waals surface area contributed by atoms with Gasteiger partial charge in [0, 0.05) is 5.69 Å². The minimum Gasteiger partial charge on any atom is -0.485 e. The quantitative estimate of drug-likeness (QED) is 0.670. The zero-order valence-corrected chi connectivity index (χ0v) is 14.9. The molecule has 3 aromatic rings. The Morgan fingerprint density at radius 2 is 1.83 bits per heavy atom. The fourth-order valence-electron chi connectivity index (χ4n) is 2.56. The van der Waals surface area contributed by atoms with E-state index >= 15 is 0 Å². The molecule has 0 spiro atoms. The molecule has 124 valence electrons. The summed E-state index contributed by atoms with van der Waals surface area (Å²) >= 11 is 5.39. The van der Waals surface area contributed by atoms with Crippen molar-refractivity contribution in [1.29, 1.82) is 0 Å². The summed E-state index contributed by atoms with van der Waals surface area (Å²) < 4.78 is 8.39. The number of aromatic amines is 1. The highest BCUT2D eigenvalue weighted by Gasteiger charge is 2.10. The number of aromatic nitrogens is 3. The van der Waals surface area contributed by atoms with Gasteiger partial charge in [0.25, 0.3) is 0 Å². The van der Waals surface area contributed by atoms with Gasteiger partial charge in [0.15, 0.2) is 10.6 Å². The second-order valence-electron chi connectivity index (χ2n) is 6.08. The van der Waals surface area contributed by atoms with Gasteiger partial charge in [0.05, 0.1) is 0 Å². The molecule has 0 amide bonds. The van der Waals surface area contributed by atoms with Crippen LogP contribution in [0.3, 0.4) is 0 Å². The van der Waals surface area contributed by atoms with Gasteiger partial charge in [-0.15, -0.1) is 0 Å². The summed E-state index contributed by atoms with van der Waals surface area (Å²) in [5.41, 5.74) is 3.38. The average Bonchev–Trinajstić information content (AvgIpc) is 2.95. The molecule has 0 aliphatic carbocycles. The van der Waals surface area contributed by atoms with E-state index in [1.54, 1.807) is 0 Å². The summed E-state index contributed by atoms with van der Waals surface area (Å²) in [4.78, 5) is 0. The largest absolute Gasteiger partial charge is 0.485 e. The fraction of sp³-hybridized carbons (Fsp3) is 0.263. The normalized spacial score (nSPS) is 11.0. The van der Waals surface area contributed by atoms with E-state index in [0.29, 0.717) is 17.3 Å². The Bertz CT molecular complexity index is 878. The lowest BCUT2D eigenvalue weighted by atomic mass is 10.0. The number of aryl methyl sites for hydroxylation is 1. The van der Waals surface area contributed by atoms with Crippen LogP contribution in [0.5, 0.6) is 5.75 Å². The van der Waals surface area contributed by atoms with Crippen LogP contribution < -0.4 is 4.74 Å². The number of ether oxygens (including phenoxy) is 1. The van der Waals surface area contributed by atoms with Gasteiger partial charge in [-0.05, 0) is 54.4 Å². The van der Waals surface area contributed by atoms with Gasteiger partial charge in [-0.25, -0.2) is 0 Å². The first-order chi connectivity index (χ1) is 11.6. The summed E-state index contributed by atoms with van der Waals surface area (Å²) in [5.74, 6) is 2.11. The summed E-state index contributed by atoms with van der Waals surface area (Å²) in [6.07, 6.45) is 0. The molecule has 2 aromatic carbocycles. The highest BCUT2D eigenvalue weighted by atomic mass is 32.1. The van der Waals surface area contributed by atoms with Crippen molar-refractivity contribution in [3.8, 4) is 11.4 Å². The van der Waals surface area contributed by atoms with Crippen molar-refractivity contribution in [3.63, 3.8) is 0 Å². The molecule has 0 saturated heterocycles. The minimum absolute atomic E-state index is 0.351. The molecule has 0 bridgehead atoms. The standard InChI is InChI=1S/C19H21N3OS/c1-13(2)15-8-10-16(11-9-15)22-18(20-21-19(22)24)12-23-17-7-5-4-6-14(17)3/h4-11,13H,12H2,1-3H3,(H,21,24). The second kappa shape index (κ2) is 7.01. The third-order valence-corrected chi connectivity index (χ3v) is 4.28. The molecule has 0 unspecified atom stereocenters. The Morgan fingerprint density at radius 3 is 2.50 bits per heavy atom. The maximum atomic E-state index is 5.91. The average molecular weight is 339 g/mol. The van der Waals surface area contributed by atoms with Gasteiger partial charge in [0.2, 0.25) is 0 Å². The lowest BCUT2D eigenvalue weighted by Gasteiger charge is -2.11. The van der Waals surface area contributed by atoms with Gasteiger partial charge in [-0.3, -0.25) is 9.67 Å². The monoisotopic (exact) mass is 339 g/mol. The first-order valence-electron chi connectivity index (χ1n) is 8.01. The third-order valence-electron chi connectivity index (χ3n) is 4.01. The maximum Gasteiger partial charge on any atom is 0.199 e. The molecule has 0 radical (unpaired) electrons. The van der Waals surface area contributed by atoms with Crippen LogP contribution in [0.15, 0.2) is 48.5 Å². The Balaban J connectivity index is 1.86. The van der Waals surface area contributed by atoms with Crippen LogP contribution in [-0.2, 0) is 6.61 Å². The first kappa shape index (κ1) is 16.5. The van der Waals surface area contributed by atoms with Crippen LogP contribution in [0, 0.1) is 11.7 Å². The van der Waals surface area contributed by atoms with Crippen molar-refractivity contribution in [3.05, 3.63) is 70.3 Å². The van der Waals surface area contributed by atoms with Gasteiger partial charge < -0.3 is 4.74 Å². The van der Waals surface area contributed by atoms with Gasteiger partial charge in [-0.2, -0.15) is 5.10 Å². The number of para-hydroxylation sites is 1. The minimum atomic E-state index is 0.351. The Kier molecular flexibility index (Phi) is 4.81. The number of hydrogen-bond donors (Lipinski definition) is 1. The molecular weight excluding hydrogens is 318 g/mol. The van der Waals surface area contributed by atoms with Gasteiger partial charge >= 0.3 is 0 Å². The Hall–Kier alpha value is -2.40. The van der Waals surface area contributed by atoms with Crippen molar-refractivity contribution in [2.24, 2.45) is 0 Å². The van der Waals surface area contributed by atoms with Crippen LogP contribution in [0.2, 0.25) is 0 Å². The number of nitrogens with one attached hydrogen (secondary N) is 1. The maximum absolute atomic E-state index is 5.91. The van der Waals surface area contributed by atoms with E-state index in [2.05, 4.69) is 48.3 Å². The van der Waals surface area contributed by atoms with Crippen LogP contribution in [-0.4, -0.2) is 14.8 Å². The molecule has 1 N–H and O–H groups in total. The van der Waals surface area contributed by atoms with Crippen LogP contribution in [0.25, 0.3) is 5.69 Å². The molecule has 5 heteroatoms. The van der Waals surface area contributed by atoms with Gasteiger partial charge in [-0.1, -0.05) is 44.2 Å². The van der Waals surface area contributed by atoms with Crippen LogP contribution in [0.1, 0.15) is 36.7 Å².